The minimum atomic E-state index is -4.38. The number of anilines is 1. The Labute approximate surface area is 113 Å². The normalized spacial score (nSPS) is 12.4. The highest BCUT2D eigenvalue weighted by molar-refractivity contribution is 7.92. The first-order chi connectivity index (χ1) is 8.59. The van der Waals surface area contributed by atoms with Crippen molar-refractivity contribution in [3.8, 4) is 5.75 Å². The largest absolute Gasteiger partial charge is 0.506 e. The summed E-state index contributed by atoms with van der Waals surface area (Å²) < 4.78 is 60.7. The van der Waals surface area contributed by atoms with Gasteiger partial charge in [-0.15, -0.1) is 0 Å². The zero-order chi connectivity index (χ0) is 14.7. The smallest absolute Gasteiger partial charge is 0.389 e. The van der Waals surface area contributed by atoms with Crippen molar-refractivity contribution < 1.29 is 26.7 Å². The van der Waals surface area contributed by atoms with Gasteiger partial charge in [-0.05, 0) is 18.6 Å². The van der Waals surface area contributed by atoms with Crippen molar-refractivity contribution in [2.24, 2.45) is 0 Å². The summed E-state index contributed by atoms with van der Waals surface area (Å²) in [6.45, 7) is 0. The van der Waals surface area contributed by atoms with E-state index in [4.69, 9.17) is 11.6 Å². The Hall–Kier alpha value is -1.15. The lowest BCUT2D eigenvalue weighted by molar-refractivity contribution is -0.134. The summed E-state index contributed by atoms with van der Waals surface area (Å²) in [5.41, 5.74) is 0.0360. The molecule has 0 amide bonds. The van der Waals surface area contributed by atoms with E-state index in [-0.39, 0.29) is 16.5 Å². The number of phenols is 1. The zero-order valence-corrected chi connectivity index (χ0v) is 11.1. The molecule has 0 aliphatic carbocycles. The Kier molecular flexibility index (Phi) is 4.92. The molecule has 0 aromatic heterocycles. The molecule has 0 radical (unpaired) electrons. The second-order valence-corrected chi connectivity index (χ2v) is 6.05. The highest BCUT2D eigenvalue weighted by Crippen LogP contribution is 2.27. The summed E-state index contributed by atoms with van der Waals surface area (Å²) in [5.74, 6) is -0.979. The van der Waals surface area contributed by atoms with Crippen molar-refractivity contribution in [3.05, 3.63) is 23.2 Å². The fraction of sp³-hybridized carbons (Fsp3) is 0.400. The lowest BCUT2D eigenvalue weighted by atomic mass is 10.3. The predicted molar refractivity (Wildman–Crippen MR) is 65.8 cm³/mol. The number of nitrogens with one attached hydrogen (secondary N) is 1. The number of aromatic hydroxyl groups is 1. The summed E-state index contributed by atoms with van der Waals surface area (Å²) in [7, 11) is -3.89. The summed E-state index contributed by atoms with van der Waals surface area (Å²) in [6, 6.07) is 3.64. The van der Waals surface area contributed by atoms with Crippen LogP contribution in [0.3, 0.4) is 0 Å². The molecule has 0 fully saturated rings. The van der Waals surface area contributed by atoms with Gasteiger partial charge < -0.3 is 5.11 Å². The first-order valence-corrected chi connectivity index (χ1v) is 7.18. The van der Waals surface area contributed by atoms with Crippen LogP contribution in [0.25, 0.3) is 0 Å². The summed E-state index contributed by atoms with van der Waals surface area (Å²) in [6.07, 6.45) is -6.08. The zero-order valence-electron chi connectivity index (χ0n) is 9.54. The van der Waals surface area contributed by atoms with Gasteiger partial charge in [0.25, 0.3) is 0 Å². The van der Waals surface area contributed by atoms with Gasteiger partial charge >= 0.3 is 6.18 Å². The van der Waals surface area contributed by atoms with Gasteiger partial charge in [0.15, 0.2) is 0 Å². The number of rotatable bonds is 5. The third kappa shape index (κ3) is 6.02. The molecule has 0 saturated carbocycles. The van der Waals surface area contributed by atoms with E-state index in [1.165, 1.54) is 12.1 Å². The molecule has 108 valence electrons. The minimum absolute atomic E-state index is 0.0360. The van der Waals surface area contributed by atoms with E-state index in [0.717, 1.165) is 6.07 Å². The third-order valence-corrected chi connectivity index (χ3v) is 3.79. The van der Waals surface area contributed by atoms with Crippen molar-refractivity contribution in [1.29, 1.82) is 0 Å². The molecule has 0 unspecified atom stereocenters. The number of phenolic OH excluding ortho intramolecular Hbond substituents is 1. The van der Waals surface area contributed by atoms with Gasteiger partial charge in [0.2, 0.25) is 10.0 Å². The summed E-state index contributed by atoms with van der Waals surface area (Å²) >= 11 is 5.53. The van der Waals surface area contributed by atoms with E-state index in [1.807, 2.05) is 0 Å². The predicted octanol–water partition coefficient (Wildman–Crippen LogP) is 3.13. The molecular formula is C10H11ClF3NO3S. The van der Waals surface area contributed by atoms with Crippen molar-refractivity contribution in [1.82, 2.24) is 0 Å². The highest BCUT2D eigenvalue weighted by atomic mass is 35.5. The van der Waals surface area contributed by atoms with Gasteiger partial charge in [0.1, 0.15) is 5.75 Å². The fourth-order valence-corrected chi connectivity index (χ4v) is 2.50. The lowest BCUT2D eigenvalue weighted by Gasteiger charge is -2.09. The average Bonchev–Trinajstić information content (AvgIpc) is 2.20. The van der Waals surface area contributed by atoms with Crippen LogP contribution < -0.4 is 4.72 Å². The van der Waals surface area contributed by atoms with Gasteiger partial charge in [-0.25, -0.2) is 8.42 Å². The number of sulfonamides is 1. The van der Waals surface area contributed by atoms with Crippen LogP contribution in [-0.4, -0.2) is 25.5 Å². The Morgan fingerprint density at radius 3 is 2.47 bits per heavy atom. The minimum Gasteiger partial charge on any atom is -0.506 e. The van der Waals surface area contributed by atoms with Gasteiger partial charge in [-0.2, -0.15) is 13.2 Å². The Morgan fingerprint density at radius 1 is 1.32 bits per heavy atom. The van der Waals surface area contributed by atoms with Crippen molar-refractivity contribution in [3.63, 3.8) is 0 Å². The Balaban J connectivity index is 2.61. The number of benzene rings is 1. The van der Waals surface area contributed by atoms with Crippen LogP contribution >= 0.6 is 11.6 Å². The lowest BCUT2D eigenvalue weighted by Crippen LogP contribution is -2.18. The van der Waals surface area contributed by atoms with Gasteiger partial charge in [0, 0.05) is 12.5 Å². The van der Waals surface area contributed by atoms with Crippen LogP contribution in [0.15, 0.2) is 18.2 Å². The van der Waals surface area contributed by atoms with Crippen LogP contribution in [-0.2, 0) is 10.0 Å². The van der Waals surface area contributed by atoms with E-state index in [2.05, 4.69) is 4.72 Å². The first-order valence-electron chi connectivity index (χ1n) is 5.15. The first kappa shape index (κ1) is 15.9. The fourth-order valence-electron chi connectivity index (χ4n) is 1.27. The van der Waals surface area contributed by atoms with Crippen LogP contribution in [0.4, 0.5) is 18.9 Å². The van der Waals surface area contributed by atoms with E-state index in [1.54, 1.807) is 0 Å². The number of alkyl halides is 3. The molecule has 0 aliphatic heterocycles. The SMILES string of the molecule is O=S(=O)(CCCC(F)(F)F)Nc1ccc(Cl)c(O)c1. The van der Waals surface area contributed by atoms with Crippen LogP contribution in [0, 0.1) is 0 Å². The standard InChI is InChI=1S/C10H11ClF3NO3S/c11-8-3-2-7(6-9(8)16)15-19(17,18)5-1-4-10(12,13)14/h2-3,6,15-16H,1,4-5H2. The molecule has 1 rings (SSSR count). The van der Waals surface area contributed by atoms with E-state index in [0.29, 0.717) is 0 Å². The molecule has 1 aromatic carbocycles. The van der Waals surface area contributed by atoms with Crippen molar-refractivity contribution >= 4 is 27.3 Å². The molecule has 19 heavy (non-hydrogen) atoms. The van der Waals surface area contributed by atoms with Crippen molar-refractivity contribution in [2.75, 3.05) is 10.5 Å². The maximum absolute atomic E-state index is 11.9. The summed E-state index contributed by atoms with van der Waals surface area (Å²) in [4.78, 5) is 0. The maximum atomic E-state index is 11.9. The second kappa shape index (κ2) is 5.87. The maximum Gasteiger partial charge on any atom is 0.389 e. The average molecular weight is 318 g/mol. The molecular weight excluding hydrogens is 307 g/mol. The monoisotopic (exact) mass is 317 g/mol. The van der Waals surface area contributed by atoms with Gasteiger partial charge in [0.05, 0.1) is 16.5 Å². The summed E-state index contributed by atoms with van der Waals surface area (Å²) in [5, 5.41) is 9.31. The van der Waals surface area contributed by atoms with Gasteiger partial charge in [-0.1, -0.05) is 11.6 Å². The van der Waals surface area contributed by atoms with E-state index >= 15 is 0 Å². The van der Waals surface area contributed by atoms with E-state index in [9.17, 15) is 26.7 Å². The molecule has 0 atom stereocenters. The molecule has 0 bridgehead atoms. The highest BCUT2D eigenvalue weighted by Gasteiger charge is 2.27. The quantitative estimate of drug-likeness (QED) is 0.877. The molecule has 0 aliphatic rings. The van der Waals surface area contributed by atoms with Crippen molar-refractivity contribution in [2.45, 2.75) is 19.0 Å². The van der Waals surface area contributed by atoms with Crippen LogP contribution in [0.2, 0.25) is 5.02 Å². The number of halogens is 4. The van der Waals surface area contributed by atoms with Crippen LogP contribution in [0.5, 0.6) is 5.75 Å². The van der Waals surface area contributed by atoms with Gasteiger partial charge in [-0.3, -0.25) is 4.72 Å². The topological polar surface area (TPSA) is 66.4 Å². The third-order valence-electron chi connectivity index (χ3n) is 2.09. The number of hydrogen-bond donors (Lipinski definition) is 2. The Bertz CT molecular complexity index is 545. The Morgan fingerprint density at radius 2 is 1.95 bits per heavy atom. The second-order valence-electron chi connectivity index (χ2n) is 3.81. The molecule has 0 heterocycles. The molecule has 2 N–H and O–H groups in total. The van der Waals surface area contributed by atoms with Crippen LogP contribution in [0.1, 0.15) is 12.8 Å². The molecule has 1 aromatic rings. The molecule has 9 heteroatoms. The number of hydrogen-bond acceptors (Lipinski definition) is 3. The van der Waals surface area contributed by atoms with E-state index < -0.39 is 34.8 Å². The molecule has 0 saturated heterocycles. The molecule has 0 spiro atoms. The molecule has 4 nitrogen and oxygen atoms in total.